The summed E-state index contributed by atoms with van der Waals surface area (Å²) in [7, 11) is 0. The second kappa shape index (κ2) is 9.13. The highest BCUT2D eigenvalue weighted by molar-refractivity contribution is 6.33. The van der Waals surface area contributed by atoms with Crippen LogP contribution in [0.3, 0.4) is 0 Å². The maximum Gasteiger partial charge on any atom is 0.417 e. The summed E-state index contributed by atoms with van der Waals surface area (Å²) in [5.74, 6) is 0.563. The molecule has 11 heteroatoms. The van der Waals surface area contributed by atoms with E-state index in [-0.39, 0.29) is 10.8 Å². The lowest BCUT2D eigenvalue weighted by Gasteiger charge is -2.37. The van der Waals surface area contributed by atoms with Crippen molar-refractivity contribution in [2.75, 3.05) is 50.8 Å². The molecule has 0 aliphatic carbocycles. The van der Waals surface area contributed by atoms with Gasteiger partial charge in [0.1, 0.15) is 5.02 Å². The quantitative estimate of drug-likeness (QED) is 0.703. The van der Waals surface area contributed by atoms with Crippen molar-refractivity contribution in [1.82, 2.24) is 19.7 Å². The first-order valence-electron chi connectivity index (χ1n) is 10.2. The maximum atomic E-state index is 12.7. The monoisotopic (exact) mass is 457 g/mol. The van der Waals surface area contributed by atoms with Crippen LogP contribution >= 0.6 is 11.6 Å². The molecule has 2 saturated heterocycles. The smallest absolute Gasteiger partial charge is 0.379 e. The van der Waals surface area contributed by atoms with Crippen LogP contribution in [0.4, 0.5) is 18.9 Å². The summed E-state index contributed by atoms with van der Waals surface area (Å²) >= 11 is 6.33. The highest BCUT2D eigenvalue weighted by atomic mass is 35.5. The summed E-state index contributed by atoms with van der Waals surface area (Å²) < 4.78 is 44.5. The molecule has 0 bridgehead atoms. The fraction of sp³-hybridized carbons (Fsp3) is 0.550. The number of nitrogens with zero attached hydrogens (tertiary/aromatic N) is 5. The van der Waals surface area contributed by atoms with E-state index in [9.17, 15) is 18.0 Å². The molecular formula is C20H23ClF3N5O2. The number of ether oxygens (including phenoxy) is 1. The standard InChI is InChI=1S/C20H23ClF3N5O2/c21-18-16(28-5-3-14(4-6-28)13-27-7-9-31-10-8-27)12-26-29(19(18)30)17-2-1-15(11-25-17)20(22,23)24/h1-2,11-12,14H,3-10,13H2. The van der Waals surface area contributed by atoms with Crippen molar-refractivity contribution >= 4 is 17.3 Å². The van der Waals surface area contributed by atoms with E-state index >= 15 is 0 Å². The summed E-state index contributed by atoms with van der Waals surface area (Å²) in [6.45, 7) is 6.06. The third kappa shape index (κ3) is 5.02. The maximum absolute atomic E-state index is 12.7. The molecule has 0 saturated carbocycles. The average Bonchev–Trinajstić information content (AvgIpc) is 2.77. The highest BCUT2D eigenvalue weighted by Crippen LogP contribution is 2.29. The summed E-state index contributed by atoms with van der Waals surface area (Å²) in [6.07, 6.45) is -0.385. The zero-order valence-corrected chi connectivity index (χ0v) is 17.6. The van der Waals surface area contributed by atoms with Gasteiger partial charge in [0.2, 0.25) is 0 Å². The minimum Gasteiger partial charge on any atom is -0.379 e. The fourth-order valence-electron chi connectivity index (χ4n) is 3.99. The molecule has 0 amide bonds. The molecule has 2 aliphatic heterocycles. The Morgan fingerprint density at radius 3 is 2.42 bits per heavy atom. The Morgan fingerprint density at radius 1 is 1.10 bits per heavy atom. The predicted octanol–water partition coefficient (Wildman–Crippen LogP) is 2.85. The zero-order chi connectivity index (χ0) is 22.0. The zero-order valence-electron chi connectivity index (χ0n) is 16.8. The Labute approximate surface area is 182 Å². The summed E-state index contributed by atoms with van der Waals surface area (Å²) in [5, 5.41) is 4.09. The number of piperidine rings is 1. The van der Waals surface area contributed by atoms with E-state index in [4.69, 9.17) is 16.3 Å². The van der Waals surface area contributed by atoms with E-state index in [2.05, 4.69) is 15.0 Å². The molecule has 31 heavy (non-hydrogen) atoms. The van der Waals surface area contributed by atoms with Crippen molar-refractivity contribution in [3.8, 4) is 5.82 Å². The number of morpholine rings is 1. The number of hydrogen-bond acceptors (Lipinski definition) is 6. The molecule has 0 aromatic carbocycles. The van der Waals surface area contributed by atoms with Gasteiger partial charge in [-0.15, -0.1) is 0 Å². The molecule has 168 valence electrons. The Kier molecular flexibility index (Phi) is 6.49. The first-order valence-corrected chi connectivity index (χ1v) is 10.6. The lowest BCUT2D eigenvalue weighted by atomic mass is 9.96. The molecular weight excluding hydrogens is 435 g/mol. The fourth-order valence-corrected chi connectivity index (χ4v) is 4.24. The van der Waals surface area contributed by atoms with E-state index in [1.165, 1.54) is 6.20 Å². The van der Waals surface area contributed by atoms with Crippen molar-refractivity contribution in [3.63, 3.8) is 0 Å². The number of aromatic nitrogens is 3. The second-order valence-electron chi connectivity index (χ2n) is 7.81. The first-order chi connectivity index (χ1) is 14.8. The summed E-state index contributed by atoms with van der Waals surface area (Å²) in [6, 6.07) is 1.96. The van der Waals surface area contributed by atoms with Crippen molar-refractivity contribution in [2.24, 2.45) is 5.92 Å². The van der Waals surface area contributed by atoms with Crippen LogP contribution in [-0.2, 0) is 10.9 Å². The minimum atomic E-state index is -4.50. The molecule has 0 N–H and O–H groups in total. The molecule has 0 radical (unpaired) electrons. The van der Waals surface area contributed by atoms with Crippen LogP contribution in [-0.4, -0.2) is 65.6 Å². The lowest BCUT2D eigenvalue weighted by molar-refractivity contribution is -0.137. The molecule has 2 aromatic heterocycles. The third-order valence-electron chi connectivity index (χ3n) is 5.77. The van der Waals surface area contributed by atoms with Crippen molar-refractivity contribution < 1.29 is 17.9 Å². The summed E-state index contributed by atoms with van der Waals surface area (Å²) in [4.78, 5) is 20.9. The molecule has 7 nitrogen and oxygen atoms in total. The average molecular weight is 458 g/mol. The topological polar surface area (TPSA) is 63.5 Å². The van der Waals surface area contributed by atoms with E-state index in [1.54, 1.807) is 0 Å². The van der Waals surface area contributed by atoms with Crippen LogP contribution in [0, 0.1) is 5.92 Å². The van der Waals surface area contributed by atoms with Gasteiger partial charge >= 0.3 is 6.18 Å². The number of pyridine rings is 1. The van der Waals surface area contributed by atoms with Gasteiger partial charge in [-0.2, -0.15) is 23.0 Å². The van der Waals surface area contributed by atoms with Gasteiger partial charge in [-0.25, -0.2) is 4.98 Å². The van der Waals surface area contributed by atoms with Gasteiger partial charge in [0.05, 0.1) is 30.7 Å². The van der Waals surface area contributed by atoms with Crippen molar-refractivity contribution in [3.05, 3.63) is 45.5 Å². The minimum absolute atomic E-state index is 0.0108. The highest BCUT2D eigenvalue weighted by Gasteiger charge is 2.31. The van der Waals surface area contributed by atoms with Gasteiger partial charge < -0.3 is 9.64 Å². The predicted molar refractivity (Wildman–Crippen MR) is 110 cm³/mol. The largest absolute Gasteiger partial charge is 0.417 e. The van der Waals surface area contributed by atoms with Crippen LogP contribution in [0.5, 0.6) is 0 Å². The van der Waals surface area contributed by atoms with Gasteiger partial charge in [0.25, 0.3) is 5.56 Å². The molecule has 4 rings (SSSR count). The number of anilines is 1. The Morgan fingerprint density at radius 2 is 1.81 bits per heavy atom. The molecule has 0 spiro atoms. The lowest BCUT2D eigenvalue weighted by Crippen LogP contribution is -2.43. The molecule has 4 heterocycles. The molecule has 2 aromatic rings. The van der Waals surface area contributed by atoms with Gasteiger partial charge in [-0.05, 0) is 30.9 Å². The second-order valence-corrected chi connectivity index (χ2v) is 8.18. The Hall–Kier alpha value is -2.17. The normalized spacial score (nSPS) is 19.0. The molecule has 0 unspecified atom stereocenters. The Balaban J connectivity index is 1.44. The number of rotatable bonds is 4. The molecule has 0 atom stereocenters. The number of halogens is 4. The molecule has 2 fully saturated rings. The number of hydrogen-bond donors (Lipinski definition) is 0. The van der Waals surface area contributed by atoms with Crippen LogP contribution < -0.4 is 10.5 Å². The van der Waals surface area contributed by atoms with Crippen LogP contribution in [0.2, 0.25) is 5.02 Å². The molecule has 2 aliphatic rings. The van der Waals surface area contributed by atoms with Crippen LogP contribution in [0.1, 0.15) is 18.4 Å². The van der Waals surface area contributed by atoms with Crippen molar-refractivity contribution in [1.29, 1.82) is 0 Å². The summed E-state index contributed by atoms with van der Waals surface area (Å²) in [5.41, 5.74) is -0.964. The van der Waals surface area contributed by atoms with E-state index in [1.807, 2.05) is 4.90 Å². The van der Waals surface area contributed by atoms with E-state index < -0.39 is 17.3 Å². The van der Waals surface area contributed by atoms with Gasteiger partial charge in [-0.1, -0.05) is 11.6 Å². The first kappa shape index (κ1) is 22.0. The Bertz CT molecular complexity index is 953. The number of alkyl halides is 3. The van der Waals surface area contributed by atoms with E-state index in [0.717, 1.165) is 75.6 Å². The third-order valence-corrected chi connectivity index (χ3v) is 6.12. The van der Waals surface area contributed by atoms with E-state index in [0.29, 0.717) is 17.8 Å². The van der Waals surface area contributed by atoms with Crippen molar-refractivity contribution in [2.45, 2.75) is 19.0 Å². The SMILES string of the molecule is O=c1c(Cl)c(N2CCC(CN3CCOCC3)CC2)cnn1-c1ccc(C(F)(F)F)cn1. The van der Waals surface area contributed by atoms with Gasteiger partial charge in [0, 0.05) is 38.9 Å². The van der Waals surface area contributed by atoms with Gasteiger partial charge in [0.15, 0.2) is 5.82 Å². The van der Waals surface area contributed by atoms with Crippen LogP contribution in [0.15, 0.2) is 29.3 Å². The van der Waals surface area contributed by atoms with Crippen LogP contribution in [0.25, 0.3) is 5.82 Å². The van der Waals surface area contributed by atoms with Gasteiger partial charge in [-0.3, -0.25) is 9.69 Å².